The second-order valence-electron chi connectivity index (χ2n) is 10.2. The zero-order valence-corrected chi connectivity index (χ0v) is 19.7. The summed E-state index contributed by atoms with van der Waals surface area (Å²) in [6, 6.07) is 6.50. The van der Waals surface area contributed by atoms with Crippen LogP contribution in [0.5, 0.6) is 0 Å². The molecule has 170 valence electrons. The third-order valence-electron chi connectivity index (χ3n) is 3.67. The van der Waals surface area contributed by atoms with Crippen LogP contribution in [0.3, 0.4) is 0 Å². The van der Waals surface area contributed by atoms with Gasteiger partial charge < -0.3 is 14.2 Å². The highest BCUT2D eigenvalue weighted by Crippen LogP contribution is 2.27. The maximum absolute atomic E-state index is 12.8. The number of carbonyl (C=O) groups excluding carboxylic acids is 3. The Bertz CT molecular complexity index is 958. The molecule has 1 heterocycles. The van der Waals surface area contributed by atoms with E-state index >= 15 is 0 Å². The van der Waals surface area contributed by atoms with Crippen molar-refractivity contribution in [3.63, 3.8) is 0 Å². The fourth-order valence-electron chi connectivity index (χ4n) is 2.64. The van der Waals surface area contributed by atoms with E-state index in [9.17, 15) is 14.4 Å². The number of fused-ring (bicyclic) bond motifs is 1. The first-order valence-electron chi connectivity index (χ1n) is 10.1. The molecule has 0 bridgehead atoms. The fraction of sp³-hybridized carbons (Fsp3) is 0.522. The summed E-state index contributed by atoms with van der Waals surface area (Å²) in [4.78, 5) is 38.9. The summed E-state index contributed by atoms with van der Waals surface area (Å²) in [5.41, 5.74) is -1.41. The van der Waals surface area contributed by atoms with E-state index in [0.717, 1.165) is 4.90 Å². The van der Waals surface area contributed by atoms with Gasteiger partial charge in [0.2, 0.25) is 0 Å². The van der Waals surface area contributed by atoms with E-state index in [2.05, 4.69) is 0 Å². The number of hydrogen-bond donors (Lipinski definition) is 0. The van der Waals surface area contributed by atoms with Crippen LogP contribution in [0.2, 0.25) is 0 Å². The van der Waals surface area contributed by atoms with Gasteiger partial charge in [0.15, 0.2) is 0 Å². The normalized spacial score (nSPS) is 12.4. The highest BCUT2D eigenvalue weighted by molar-refractivity contribution is 6.10. The number of ether oxygens (including phenoxy) is 3. The summed E-state index contributed by atoms with van der Waals surface area (Å²) < 4.78 is 17.6. The van der Waals surface area contributed by atoms with E-state index in [-0.39, 0.29) is 5.69 Å². The van der Waals surface area contributed by atoms with Gasteiger partial charge >= 0.3 is 18.3 Å². The van der Waals surface area contributed by atoms with Crippen LogP contribution in [-0.2, 0) is 14.2 Å². The number of hydrogen-bond acceptors (Lipinski definition) is 6. The van der Waals surface area contributed by atoms with Gasteiger partial charge in [-0.15, -0.1) is 0 Å². The highest BCUT2D eigenvalue weighted by Gasteiger charge is 2.33. The molecule has 0 aliphatic carbocycles. The molecule has 0 N–H and O–H groups in total. The number of benzene rings is 1. The van der Waals surface area contributed by atoms with Gasteiger partial charge in [-0.05, 0) is 86.6 Å². The zero-order valence-electron chi connectivity index (χ0n) is 19.7. The minimum atomic E-state index is -0.854. The Hall–Kier alpha value is -3.03. The van der Waals surface area contributed by atoms with Crippen LogP contribution in [0.15, 0.2) is 30.5 Å². The SMILES string of the molecule is CC(C)(C)OC(=O)N(C(=O)OC(C)(C)C)c1ccc2c(ccn2C(=O)OC(C)(C)C)c1. The van der Waals surface area contributed by atoms with Gasteiger partial charge in [0.05, 0.1) is 11.2 Å². The molecule has 2 amide bonds. The molecule has 0 unspecified atom stereocenters. The standard InChI is InChI=1S/C23H32N2O6/c1-21(2,3)29-18(26)24-13-12-15-14-16(10-11-17(15)24)25(19(27)30-22(4,5)6)20(28)31-23(7,8)9/h10-14H,1-9H3. The molecular weight excluding hydrogens is 400 g/mol. The van der Waals surface area contributed by atoms with E-state index in [1.54, 1.807) is 92.8 Å². The molecule has 31 heavy (non-hydrogen) atoms. The lowest BCUT2D eigenvalue weighted by Gasteiger charge is -2.28. The Kier molecular flexibility index (Phi) is 6.45. The Balaban J connectivity index is 2.46. The molecule has 0 aliphatic rings. The summed E-state index contributed by atoms with van der Waals surface area (Å²) >= 11 is 0. The smallest absolute Gasteiger partial charge is 0.424 e. The lowest BCUT2D eigenvalue weighted by atomic mass is 10.2. The van der Waals surface area contributed by atoms with E-state index in [4.69, 9.17) is 14.2 Å². The number of amides is 2. The molecular formula is C23H32N2O6. The molecule has 2 rings (SSSR count). The summed E-state index contributed by atoms with van der Waals surface area (Å²) in [6.07, 6.45) is -0.653. The van der Waals surface area contributed by atoms with Crippen molar-refractivity contribution in [3.8, 4) is 0 Å². The Labute approximate surface area is 183 Å². The molecule has 0 saturated carbocycles. The maximum Gasteiger partial charge on any atom is 0.424 e. The molecule has 8 heteroatoms. The monoisotopic (exact) mass is 432 g/mol. The summed E-state index contributed by atoms with van der Waals surface area (Å²) in [5, 5.41) is 0.639. The molecule has 0 fully saturated rings. The second kappa shape index (κ2) is 8.24. The van der Waals surface area contributed by atoms with Gasteiger partial charge in [-0.2, -0.15) is 4.90 Å². The van der Waals surface area contributed by atoms with Crippen molar-refractivity contribution in [3.05, 3.63) is 30.5 Å². The molecule has 0 aliphatic heterocycles. The third kappa shape index (κ3) is 6.73. The number of nitrogens with zero attached hydrogens (tertiary/aromatic N) is 2. The number of aromatic nitrogens is 1. The molecule has 1 aromatic carbocycles. The number of rotatable bonds is 1. The Morgan fingerprint density at radius 2 is 1.23 bits per heavy atom. The second-order valence-corrected chi connectivity index (χ2v) is 10.2. The quantitative estimate of drug-likeness (QED) is 0.506. The zero-order chi connectivity index (χ0) is 23.8. The number of carbonyl (C=O) groups is 3. The van der Waals surface area contributed by atoms with Crippen LogP contribution in [0.4, 0.5) is 20.1 Å². The van der Waals surface area contributed by atoms with E-state index in [1.807, 2.05) is 0 Å². The largest absolute Gasteiger partial charge is 0.443 e. The number of imide groups is 1. The molecule has 0 atom stereocenters. The Morgan fingerprint density at radius 3 is 1.68 bits per heavy atom. The number of anilines is 1. The van der Waals surface area contributed by atoms with Crippen molar-refractivity contribution in [2.24, 2.45) is 0 Å². The minimum absolute atomic E-state index is 0.262. The van der Waals surface area contributed by atoms with Gasteiger partial charge in [-0.1, -0.05) is 0 Å². The third-order valence-corrected chi connectivity index (χ3v) is 3.67. The van der Waals surface area contributed by atoms with Gasteiger partial charge in [0, 0.05) is 11.6 Å². The molecule has 2 aromatic rings. The molecule has 0 saturated heterocycles. The maximum atomic E-state index is 12.8. The van der Waals surface area contributed by atoms with E-state index in [0.29, 0.717) is 10.9 Å². The van der Waals surface area contributed by atoms with Gasteiger partial charge in [-0.25, -0.2) is 14.4 Å². The molecule has 8 nitrogen and oxygen atoms in total. The molecule has 0 spiro atoms. The van der Waals surface area contributed by atoms with Gasteiger partial charge in [0.1, 0.15) is 16.8 Å². The van der Waals surface area contributed by atoms with Crippen LogP contribution < -0.4 is 4.90 Å². The van der Waals surface area contributed by atoms with Crippen LogP contribution in [0.1, 0.15) is 62.3 Å². The average Bonchev–Trinajstić information content (AvgIpc) is 2.93. The lowest BCUT2D eigenvalue weighted by molar-refractivity contribution is 0.0428. The van der Waals surface area contributed by atoms with Crippen molar-refractivity contribution in [2.75, 3.05) is 4.90 Å². The van der Waals surface area contributed by atoms with Crippen molar-refractivity contribution < 1.29 is 28.6 Å². The van der Waals surface area contributed by atoms with Crippen LogP contribution >= 0.6 is 0 Å². The van der Waals surface area contributed by atoms with Gasteiger partial charge in [0.25, 0.3) is 0 Å². The van der Waals surface area contributed by atoms with Crippen molar-refractivity contribution in [2.45, 2.75) is 79.1 Å². The summed E-state index contributed by atoms with van der Waals surface area (Å²) in [5.74, 6) is 0. The Morgan fingerprint density at radius 1 is 0.742 bits per heavy atom. The van der Waals surface area contributed by atoms with Crippen molar-refractivity contribution >= 4 is 34.9 Å². The van der Waals surface area contributed by atoms with Crippen molar-refractivity contribution in [1.29, 1.82) is 0 Å². The van der Waals surface area contributed by atoms with Crippen LogP contribution in [0, 0.1) is 0 Å². The first-order valence-corrected chi connectivity index (χ1v) is 10.1. The highest BCUT2D eigenvalue weighted by atomic mass is 16.6. The molecule has 1 aromatic heterocycles. The minimum Gasteiger partial charge on any atom is -0.443 e. The topological polar surface area (TPSA) is 87.1 Å². The summed E-state index contributed by atoms with van der Waals surface area (Å²) in [7, 11) is 0. The first kappa shape index (κ1) is 24.2. The van der Waals surface area contributed by atoms with Crippen molar-refractivity contribution in [1.82, 2.24) is 4.57 Å². The fourth-order valence-corrected chi connectivity index (χ4v) is 2.64. The van der Waals surface area contributed by atoms with E-state index < -0.39 is 35.1 Å². The molecule has 0 radical (unpaired) electrons. The van der Waals surface area contributed by atoms with Crippen LogP contribution in [0.25, 0.3) is 10.9 Å². The summed E-state index contributed by atoms with van der Waals surface area (Å²) in [6.45, 7) is 15.6. The van der Waals surface area contributed by atoms with E-state index in [1.165, 1.54) is 4.57 Å². The average molecular weight is 433 g/mol. The van der Waals surface area contributed by atoms with Crippen LogP contribution in [-0.4, -0.2) is 39.6 Å². The first-order chi connectivity index (χ1) is 14.0. The predicted molar refractivity (Wildman–Crippen MR) is 119 cm³/mol. The lowest BCUT2D eigenvalue weighted by Crippen LogP contribution is -2.43. The predicted octanol–water partition coefficient (Wildman–Crippen LogP) is 6.10. The van der Waals surface area contributed by atoms with Gasteiger partial charge in [-0.3, -0.25) is 4.57 Å².